The van der Waals surface area contributed by atoms with Gasteiger partial charge >= 0.3 is 0 Å². The van der Waals surface area contributed by atoms with Gasteiger partial charge in [-0.25, -0.2) is 0 Å². The van der Waals surface area contributed by atoms with E-state index in [2.05, 4.69) is 6.58 Å². The highest BCUT2D eigenvalue weighted by Crippen LogP contribution is 2.38. The SMILES string of the molecule is C=CC[C@]1(COCc2ccc(OC)cc2)CCCC1=O. The van der Waals surface area contributed by atoms with Gasteiger partial charge in [-0.1, -0.05) is 18.2 Å². The van der Waals surface area contributed by atoms with Gasteiger partial charge in [0.15, 0.2) is 0 Å². The topological polar surface area (TPSA) is 35.5 Å². The Balaban J connectivity index is 1.89. The lowest BCUT2D eigenvalue weighted by Crippen LogP contribution is -2.30. The molecule has 20 heavy (non-hydrogen) atoms. The van der Waals surface area contributed by atoms with Crippen molar-refractivity contribution in [2.24, 2.45) is 5.41 Å². The van der Waals surface area contributed by atoms with Gasteiger partial charge in [-0.3, -0.25) is 4.79 Å². The minimum atomic E-state index is -0.325. The van der Waals surface area contributed by atoms with Crippen molar-refractivity contribution in [2.45, 2.75) is 32.3 Å². The lowest BCUT2D eigenvalue weighted by atomic mass is 9.83. The first kappa shape index (κ1) is 14.8. The van der Waals surface area contributed by atoms with E-state index in [-0.39, 0.29) is 5.41 Å². The van der Waals surface area contributed by atoms with Gasteiger partial charge in [0.2, 0.25) is 0 Å². The molecule has 0 amide bonds. The zero-order valence-electron chi connectivity index (χ0n) is 12.1. The number of benzene rings is 1. The van der Waals surface area contributed by atoms with Crippen LogP contribution in [0.15, 0.2) is 36.9 Å². The molecule has 2 rings (SSSR count). The Hall–Kier alpha value is -1.61. The average Bonchev–Trinajstić information content (AvgIpc) is 2.81. The summed E-state index contributed by atoms with van der Waals surface area (Å²) in [6.45, 7) is 4.78. The number of allylic oxidation sites excluding steroid dienone is 1. The number of carbonyl (C=O) groups is 1. The quantitative estimate of drug-likeness (QED) is 0.714. The van der Waals surface area contributed by atoms with E-state index < -0.39 is 0 Å². The second-order valence-electron chi connectivity index (χ2n) is 5.39. The van der Waals surface area contributed by atoms with E-state index in [0.29, 0.717) is 31.8 Å². The fourth-order valence-corrected chi connectivity index (χ4v) is 2.78. The highest BCUT2D eigenvalue weighted by molar-refractivity contribution is 5.87. The number of ketones is 1. The van der Waals surface area contributed by atoms with Crippen molar-refractivity contribution in [3.05, 3.63) is 42.5 Å². The van der Waals surface area contributed by atoms with Crippen LogP contribution in [-0.2, 0) is 16.1 Å². The molecule has 3 nitrogen and oxygen atoms in total. The van der Waals surface area contributed by atoms with E-state index >= 15 is 0 Å². The van der Waals surface area contributed by atoms with Crippen molar-refractivity contribution >= 4 is 5.78 Å². The Kier molecular flexibility index (Phi) is 4.96. The van der Waals surface area contributed by atoms with E-state index in [1.165, 1.54) is 0 Å². The van der Waals surface area contributed by atoms with Crippen LogP contribution in [0.4, 0.5) is 0 Å². The summed E-state index contributed by atoms with van der Waals surface area (Å²) in [6.07, 6.45) is 5.12. The summed E-state index contributed by atoms with van der Waals surface area (Å²) in [5.41, 5.74) is 0.763. The second kappa shape index (κ2) is 6.71. The van der Waals surface area contributed by atoms with E-state index in [4.69, 9.17) is 9.47 Å². The van der Waals surface area contributed by atoms with Crippen LogP contribution < -0.4 is 4.74 Å². The predicted molar refractivity (Wildman–Crippen MR) is 78.8 cm³/mol. The van der Waals surface area contributed by atoms with E-state index in [1.54, 1.807) is 7.11 Å². The fraction of sp³-hybridized carbons (Fsp3) is 0.471. The lowest BCUT2D eigenvalue weighted by Gasteiger charge is -2.25. The van der Waals surface area contributed by atoms with Crippen molar-refractivity contribution < 1.29 is 14.3 Å². The van der Waals surface area contributed by atoms with E-state index in [9.17, 15) is 4.79 Å². The monoisotopic (exact) mass is 274 g/mol. The van der Waals surface area contributed by atoms with Gasteiger partial charge in [0.05, 0.1) is 25.7 Å². The van der Waals surface area contributed by atoms with Gasteiger partial charge in [0, 0.05) is 6.42 Å². The predicted octanol–water partition coefficient (Wildman–Crippen LogP) is 3.53. The molecule has 1 atom stereocenters. The summed E-state index contributed by atoms with van der Waals surface area (Å²) in [5, 5.41) is 0. The summed E-state index contributed by atoms with van der Waals surface area (Å²) < 4.78 is 10.9. The first-order chi connectivity index (χ1) is 9.70. The number of carbonyl (C=O) groups excluding carboxylic acids is 1. The standard InChI is InChI=1S/C17H22O3/c1-3-10-17(11-4-5-16(17)18)13-20-12-14-6-8-15(19-2)9-7-14/h3,6-9H,1,4-5,10-13H2,2H3/t17-/m1/s1. The van der Waals surface area contributed by atoms with E-state index in [0.717, 1.165) is 24.2 Å². The molecule has 0 aliphatic heterocycles. The van der Waals surface area contributed by atoms with Crippen molar-refractivity contribution in [3.63, 3.8) is 0 Å². The number of hydrogen-bond donors (Lipinski definition) is 0. The minimum absolute atomic E-state index is 0.325. The summed E-state index contributed by atoms with van der Waals surface area (Å²) >= 11 is 0. The first-order valence-electron chi connectivity index (χ1n) is 7.05. The Morgan fingerprint density at radius 3 is 2.65 bits per heavy atom. The van der Waals surface area contributed by atoms with Gasteiger partial charge in [-0.15, -0.1) is 6.58 Å². The fourth-order valence-electron chi connectivity index (χ4n) is 2.78. The highest BCUT2D eigenvalue weighted by atomic mass is 16.5. The van der Waals surface area contributed by atoms with Gasteiger partial charge in [0.25, 0.3) is 0 Å². The van der Waals surface area contributed by atoms with Crippen molar-refractivity contribution in [1.29, 1.82) is 0 Å². The van der Waals surface area contributed by atoms with Gasteiger partial charge < -0.3 is 9.47 Å². The molecule has 108 valence electrons. The number of Topliss-reactive ketones (excluding diaryl/α,β-unsaturated/α-hetero) is 1. The zero-order chi connectivity index (χ0) is 14.4. The Morgan fingerprint density at radius 2 is 2.10 bits per heavy atom. The third kappa shape index (κ3) is 3.28. The molecule has 0 aromatic heterocycles. The van der Waals surface area contributed by atoms with Crippen LogP contribution in [0.5, 0.6) is 5.75 Å². The third-order valence-electron chi connectivity index (χ3n) is 3.99. The van der Waals surface area contributed by atoms with Crippen molar-refractivity contribution in [2.75, 3.05) is 13.7 Å². The van der Waals surface area contributed by atoms with Crippen molar-refractivity contribution in [1.82, 2.24) is 0 Å². The van der Waals surface area contributed by atoms with Gasteiger partial charge in [-0.05, 0) is 37.0 Å². The zero-order valence-corrected chi connectivity index (χ0v) is 12.1. The second-order valence-corrected chi connectivity index (χ2v) is 5.39. The van der Waals surface area contributed by atoms with Crippen LogP contribution in [0.2, 0.25) is 0 Å². The average molecular weight is 274 g/mol. The minimum Gasteiger partial charge on any atom is -0.497 e. The molecule has 1 aliphatic carbocycles. The summed E-state index contributed by atoms with van der Waals surface area (Å²) in [7, 11) is 1.65. The molecule has 3 heteroatoms. The molecular weight excluding hydrogens is 252 g/mol. The number of methoxy groups -OCH3 is 1. The molecule has 1 aromatic carbocycles. The highest BCUT2D eigenvalue weighted by Gasteiger charge is 2.40. The number of hydrogen-bond acceptors (Lipinski definition) is 3. The van der Waals surface area contributed by atoms with Crippen LogP contribution in [0, 0.1) is 5.41 Å². The normalized spacial score (nSPS) is 21.9. The maximum absolute atomic E-state index is 12.1. The molecule has 0 heterocycles. The molecule has 0 spiro atoms. The largest absolute Gasteiger partial charge is 0.497 e. The van der Waals surface area contributed by atoms with Gasteiger partial charge in [0.1, 0.15) is 11.5 Å². The van der Waals surface area contributed by atoms with Gasteiger partial charge in [-0.2, -0.15) is 0 Å². The van der Waals surface area contributed by atoms with Crippen LogP contribution in [-0.4, -0.2) is 19.5 Å². The lowest BCUT2D eigenvalue weighted by molar-refractivity contribution is -0.129. The molecule has 1 saturated carbocycles. The molecule has 0 bridgehead atoms. The molecular formula is C17H22O3. The maximum atomic E-state index is 12.1. The van der Waals surface area contributed by atoms with Crippen LogP contribution in [0.3, 0.4) is 0 Å². The molecule has 0 N–H and O–H groups in total. The molecule has 1 aliphatic rings. The van der Waals surface area contributed by atoms with E-state index in [1.807, 2.05) is 30.3 Å². The molecule has 0 unspecified atom stereocenters. The molecule has 1 aromatic rings. The summed E-state index contributed by atoms with van der Waals surface area (Å²) in [4.78, 5) is 12.1. The molecule has 0 saturated heterocycles. The summed E-state index contributed by atoms with van der Waals surface area (Å²) in [6, 6.07) is 7.79. The number of ether oxygens (including phenoxy) is 2. The van der Waals surface area contributed by atoms with Crippen LogP contribution in [0.1, 0.15) is 31.2 Å². The smallest absolute Gasteiger partial charge is 0.141 e. The Bertz CT molecular complexity index is 464. The maximum Gasteiger partial charge on any atom is 0.141 e. The molecule has 0 radical (unpaired) electrons. The van der Waals surface area contributed by atoms with Crippen LogP contribution in [0.25, 0.3) is 0 Å². The third-order valence-corrected chi connectivity index (χ3v) is 3.99. The molecule has 1 fully saturated rings. The van der Waals surface area contributed by atoms with Crippen molar-refractivity contribution in [3.8, 4) is 5.75 Å². The summed E-state index contributed by atoms with van der Waals surface area (Å²) in [5.74, 6) is 1.16. The first-order valence-corrected chi connectivity index (χ1v) is 7.05. The van der Waals surface area contributed by atoms with Crippen LogP contribution >= 0.6 is 0 Å². The Morgan fingerprint density at radius 1 is 1.35 bits per heavy atom. The Labute approximate surface area is 120 Å². The number of rotatable bonds is 7.